The van der Waals surface area contributed by atoms with E-state index in [1.807, 2.05) is 12.1 Å². The lowest BCUT2D eigenvalue weighted by Gasteiger charge is -2.37. The Morgan fingerprint density at radius 3 is 2.49 bits per heavy atom. The zero-order valence-electron chi connectivity index (χ0n) is 21.1. The summed E-state index contributed by atoms with van der Waals surface area (Å²) >= 11 is 0. The Morgan fingerprint density at radius 1 is 1.03 bits per heavy atom. The topological polar surface area (TPSA) is 118 Å². The zero-order chi connectivity index (χ0) is 25.8. The highest BCUT2D eigenvalue weighted by molar-refractivity contribution is 5.99. The summed E-state index contributed by atoms with van der Waals surface area (Å²) in [6.07, 6.45) is 5.31. The molecular weight excluding hydrogens is 474 g/mol. The second kappa shape index (κ2) is 11.4. The number of ether oxygens (including phenoxy) is 3. The van der Waals surface area contributed by atoms with Crippen molar-refractivity contribution in [2.45, 2.75) is 75.2 Å². The lowest BCUT2D eigenvalue weighted by Crippen LogP contribution is -2.48. The van der Waals surface area contributed by atoms with Crippen LogP contribution < -0.4 is 25.4 Å². The molecule has 37 heavy (non-hydrogen) atoms. The van der Waals surface area contributed by atoms with E-state index in [1.54, 1.807) is 37.4 Å². The van der Waals surface area contributed by atoms with Crippen LogP contribution in [0.1, 0.15) is 56.4 Å². The number of nitrogens with one attached hydrogen (secondary N) is 3. The van der Waals surface area contributed by atoms with Crippen molar-refractivity contribution in [2.75, 3.05) is 24.4 Å². The highest BCUT2D eigenvalue weighted by atomic mass is 16.6. The van der Waals surface area contributed by atoms with Gasteiger partial charge in [0, 0.05) is 28.9 Å². The molecule has 1 aliphatic carbocycles. The number of carbonyl (C=O) groups excluding carboxylic acids is 2. The molecule has 9 nitrogen and oxygen atoms in total. The maximum absolute atomic E-state index is 12.7. The summed E-state index contributed by atoms with van der Waals surface area (Å²) in [5.41, 5.74) is 2.23. The average molecular weight is 510 g/mol. The lowest BCUT2D eigenvalue weighted by atomic mass is 9.84. The average Bonchev–Trinajstić information content (AvgIpc) is 3.27. The van der Waals surface area contributed by atoms with Crippen LogP contribution in [-0.4, -0.2) is 55.1 Å². The van der Waals surface area contributed by atoms with E-state index in [-0.39, 0.29) is 49.1 Å². The van der Waals surface area contributed by atoms with Crippen molar-refractivity contribution in [3.05, 3.63) is 48.0 Å². The summed E-state index contributed by atoms with van der Waals surface area (Å²) in [5, 5.41) is 18.8. The number of anilines is 2. The molecule has 0 aromatic heterocycles. The third kappa shape index (κ3) is 5.99. The number of aliphatic hydroxyl groups is 1. The third-order valence-electron chi connectivity index (χ3n) is 7.49. The van der Waals surface area contributed by atoms with Crippen molar-refractivity contribution in [3.63, 3.8) is 0 Å². The van der Waals surface area contributed by atoms with E-state index in [0.29, 0.717) is 29.3 Å². The van der Waals surface area contributed by atoms with Gasteiger partial charge in [-0.05, 0) is 61.7 Å². The quantitative estimate of drug-likeness (QED) is 0.445. The van der Waals surface area contributed by atoms with Gasteiger partial charge in [-0.1, -0.05) is 19.3 Å². The van der Waals surface area contributed by atoms with Crippen molar-refractivity contribution < 1.29 is 28.9 Å². The smallest absolute Gasteiger partial charge is 0.323 e. The van der Waals surface area contributed by atoms with Crippen LogP contribution in [0.5, 0.6) is 11.5 Å². The summed E-state index contributed by atoms with van der Waals surface area (Å²) in [6.45, 7) is -0.189. The molecule has 2 aromatic carbocycles. The molecule has 4 atom stereocenters. The minimum atomic E-state index is -0.520. The van der Waals surface area contributed by atoms with Crippen LogP contribution in [0.4, 0.5) is 16.2 Å². The first kappa shape index (κ1) is 25.4. The summed E-state index contributed by atoms with van der Waals surface area (Å²) in [6, 6.07) is 12.5. The first-order valence-electron chi connectivity index (χ1n) is 13.1. The number of hydrogen-bond acceptors (Lipinski definition) is 6. The van der Waals surface area contributed by atoms with E-state index < -0.39 is 6.10 Å². The molecule has 0 spiro atoms. The van der Waals surface area contributed by atoms with Gasteiger partial charge in [0.05, 0.1) is 26.2 Å². The molecule has 3 aliphatic rings. The predicted octanol–water partition coefficient (Wildman–Crippen LogP) is 4.17. The van der Waals surface area contributed by atoms with E-state index in [9.17, 15) is 14.7 Å². The number of methoxy groups -OCH3 is 1. The van der Waals surface area contributed by atoms with E-state index in [0.717, 1.165) is 31.2 Å². The lowest BCUT2D eigenvalue weighted by molar-refractivity contribution is -0.142. The molecule has 9 heteroatoms. The molecule has 1 saturated heterocycles. The molecular formula is C28H35N3O6. The van der Waals surface area contributed by atoms with Gasteiger partial charge in [-0.15, -0.1) is 0 Å². The Hall–Kier alpha value is -3.30. The highest BCUT2D eigenvalue weighted by Gasteiger charge is 2.46. The normalized spacial score (nSPS) is 24.8. The second-order valence-electron chi connectivity index (χ2n) is 10.1. The summed E-state index contributed by atoms with van der Waals surface area (Å²) in [5.74, 6) is 1.38. The van der Waals surface area contributed by atoms with Gasteiger partial charge in [0.25, 0.3) is 0 Å². The van der Waals surface area contributed by atoms with Gasteiger partial charge in [0.2, 0.25) is 5.91 Å². The number of rotatable bonds is 7. The summed E-state index contributed by atoms with van der Waals surface area (Å²) < 4.78 is 17.4. The number of urea groups is 1. The van der Waals surface area contributed by atoms with E-state index in [4.69, 9.17) is 14.2 Å². The SMILES string of the molecule is COc1ccc(NC(=O)Nc2ccc3c(c2)[C@@H]2C[C@@H](CC(=O)NC4CCCCC4)O[C@@H](CO)[C@@H]2O3)cc1. The molecule has 0 radical (unpaired) electrons. The molecule has 2 aliphatic heterocycles. The number of hydrogen-bond donors (Lipinski definition) is 4. The van der Waals surface area contributed by atoms with Crippen LogP contribution in [0.15, 0.2) is 42.5 Å². The molecule has 0 bridgehead atoms. The van der Waals surface area contributed by atoms with Gasteiger partial charge in [-0.3, -0.25) is 4.79 Å². The Balaban J connectivity index is 1.23. The number of benzene rings is 2. The Bertz CT molecular complexity index is 1100. The largest absolute Gasteiger partial charge is 0.497 e. The number of aliphatic hydroxyl groups excluding tert-OH is 1. The van der Waals surface area contributed by atoms with Crippen molar-refractivity contribution >= 4 is 23.3 Å². The molecule has 2 fully saturated rings. The van der Waals surface area contributed by atoms with Gasteiger partial charge in [0.1, 0.15) is 23.7 Å². The number of carbonyl (C=O) groups is 2. The molecule has 2 heterocycles. The van der Waals surface area contributed by atoms with Gasteiger partial charge >= 0.3 is 6.03 Å². The van der Waals surface area contributed by atoms with Crippen LogP contribution in [0, 0.1) is 0 Å². The maximum Gasteiger partial charge on any atom is 0.323 e. The summed E-state index contributed by atoms with van der Waals surface area (Å²) in [7, 11) is 1.59. The Labute approximate surface area is 216 Å². The van der Waals surface area contributed by atoms with Gasteiger partial charge in [0.15, 0.2) is 0 Å². The fourth-order valence-electron chi connectivity index (χ4n) is 5.67. The van der Waals surface area contributed by atoms with Crippen molar-refractivity contribution in [1.82, 2.24) is 5.32 Å². The molecule has 3 amide bonds. The molecule has 198 valence electrons. The first-order valence-corrected chi connectivity index (χ1v) is 13.1. The van der Waals surface area contributed by atoms with E-state index >= 15 is 0 Å². The van der Waals surface area contributed by atoms with Crippen LogP contribution >= 0.6 is 0 Å². The number of fused-ring (bicyclic) bond motifs is 3. The molecule has 2 aromatic rings. The van der Waals surface area contributed by atoms with Gasteiger partial charge < -0.3 is 35.3 Å². The monoisotopic (exact) mass is 509 g/mol. The van der Waals surface area contributed by atoms with Crippen molar-refractivity contribution in [1.29, 1.82) is 0 Å². The Kier molecular flexibility index (Phi) is 7.81. The molecule has 1 saturated carbocycles. The van der Waals surface area contributed by atoms with E-state index in [1.165, 1.54) is 6.42 Å². The summed E-state index contributed by atoms with van der Waals surface area (Å²) in [4.78, 5) is 25.3. The standard InChI is InChI=1S/C28H35N3O6/c1-35-20-10-7-18(8-11-20)30-28(34)31-19-9-12-24-22(13-19)23-14-21(36-25(16-32)27(23)37-24)15-26(33)29-17-5-3-2-4-6-17/h7-13,17,21,23,25,27,32H,2-6,14-16H2,1H3,(H,29,33)(H2,30,31,34)/t21-,23-,25-,27+/m0/s1. The molecule has 4 N–H and O–H groups in total. The first-order chi connectivity index (χ1) is 18.0. The maximum atomic E-state index is 12.7. The predicted molar refractivity (Wildman–Crippen MR) is 139 cm³/mol. The second-order valence-corrected chi connectivity index (χ2v) is 10.1. The molecule has 5 rings (SSSR count). The fraction of sp³-hybridized carbons (Fsp3) is 0.500. The third-order valence-corrected chi connectivity index (χ3v) is 7.49. The van der Waals surface area contributed by atoms with Crippen LogP contribution in [0.3, 0.4) is 0 Å². The van der Waals surface area contributed by atoms with Crippen LogP contribution in [0.2, 0.25) is 0 Å². The highest BCUT2D eigenvalue weighted by Crippen LogP contribution is 2.47. The Morgan fingerprint density at radius 2 is 1.76 bits per heavy atom. The number of amides is 3. The van der Waals surface area contributed by atoms with Crippen molar-refractivity contribution in [2.24, 2.45) is 0 Å². The van der Waals surface area contributed by atoms with Gasteiger partial charge in [-0.2, -0.15) is 0 Å². The zero-order valence-corrected chi connectivity index (χ0v) is 21.1. The van der Waals surface area contributed by atoms with Crippen LogP contribution in [0.25, 0.3) is 0 Å². The van der Waals surface area contributed by atoms with Crippen LogP contribution in [-0.2, 0) is 9.53 Å². The van der Waals surface area contributed by atoms with E-state index in [2.05, 4.69) is 16.0 Å². The minimum absolute atomic E-state index is 0.00296. The molecule has 0 unspecified atom stereocenters. The van der Waals surface area contributed by atoms with Crippen molar-refractivity contribution in [3.8, 4) is 11.5 Å². The minimum Gasteiger partial charge on any atom is -0.497 e. The van der Waals surface area contributed by atoms with Gasteiger partial charge in [-0.25, -0.2) is 4.79 Å². The fourth-order valence-corrected chi connectivity index (χ4v) is 5.67.